The van der Waals surface area contributed by atoms with Gasteiger partial charge < -0.3 is 9.47 Å². The lowest BCUT2D eigenvalue weighted by molar-refractivity contribution is -0.274. The van der Waals surface area contributed by atoms with Crippen LogP contribution in [-0.2, 0) is 0 Å². The summed E-state index contributed by atoms with van der Waals surface area (Å²) in [7, 11) is 0. The average Bonchev–Trinajstić information content (AvgIpc) is 1.99. The number of hydrogen-bond donors (Lipinski definition) is 0. The van der Waals surface area contributed by atoms with Crippen LogP contribution in [0, 0.1) is 0 Å². The highest BCUT2D eigenvalue weighted by Gasteiger charge is 2.31. The zero-order valence-electron chi connectivity index (χ0n) is 8.34. The van der Waals surface area contributed by atoms with E-state index >= 15 is 0 Å². The second-order valence-corrected chi connectivity index (χ2v) is 3.19. The van der Waals surface area contributed by atoms with E-state index < -0.39 is 6.36 Å². The maximum atomic E-state index is 11.9. The molecule has 0 N–H and O–H groups in total. The number of alkyl halides is 3. The summed E-state index contributed by atoms with van der Waals surface area (Å²) in [6.45, 7) is 3.58. The van der Waals surface area contributed by atoms with Crippen LogP contribution in [0.25, 0.3) is 0 Å². The van der Waals surface area contributed by atoms with Crippen LogP contribution in [0.5, 0.6) is 11.5 Å². The van der Waals surface area contributed by atoms with Crippen LogP contribution >= 0.6 is 0 Å². The predicted octanol–water partition coefficient (Wildman–Crippen LogP) is 3.37. The standard InChI is InChI=1S/C10H11F3O2/c1-7(2)14-8-4-3-5-9(6-8)15-10(11,12)13/h3-7H,1-2H3. The van der Waals surface area contributed by atoms with Crippen molar-refractivity contribution in [3.63, 3.8) is 0 Å². The molecule has 1 aromatic rings. The second-order valence-electron chi connectivity index (χ2n) is 3.19. The quantitative estimate of drug-likeness (QED) is 0.777. The van der Waals surface area contributed by atoms with Crippen molar-refractivity contribution < 1.29 is 22.6 Å². The first-order valence-electron chi connectivity index (χ1n) is 4.39. The van der Waals surface area contributed by atoms with Crippen molar-refractivity contribution in [1.29, 1.82) is 0 Å². The van der Waals surface area contributed by atoms with Crippen LogP contribution in [0.15, 0.2) is 24.3 Å². The molecule has 0 radical (unpaired) electrons. The first-order chi connectivity index (χ1) is 6.87. The molecule has 15 heavy (non-hydrogen) atoms. The Balaban J connectivity index is 2.74. The van der Waals surface area contributed by atoms with E-state index in [-0.39, 0.29) is 11.9 Å². The Kier molecular flexibility index (Phi) is 3.44. The topological polar surface area (TPSA) is 18.5 Å². The van der Waals surface area contributed by atoms with Gasteiger partial charge in [0.15, 0.2) is 0 Å². The lowest BCUT2D eigenvalue weighted by Gasteiger charge is -2.12. The highest BCUT2D eigenvalue weighted by molar-refractivity contribution is 5.33. The van der Waals surface area contributed by atoms with E-state index in [2.05, 4.69) is 4.74 Å². The average molecular weight is 220 g/mol. The molecule has 0 fully saturated rings. The van der Waals surface area contributed by atoms with Gasteiger partial charge in [0, 0.05) is 6.07 Å². The normalized spacial score (nSPS) is 11.6. The first-order valence-corrected chi connectivity index (χ1v) is 4.39. The van der Waals surface area contributed by atoms with Crippen molar-refractivity contribution in [3.8, 4) is 11.5 Å². The Morgan fingerprint density at radius 3 is 2.27 bits per heavy atom. The highest BCUT2D eigenvalue weighted by atomic mass is 19.4. The summed E-state index contributed by atoms with van der Waals surface area (Å²) >= 11 is 0. The van der Waals surface area contributed by atoms with Gasteiger partial charge in [0.05, 0.1) is 6.10 Å². The van der Waals surface area contributed by atoms with Gasteiger partial charge in [-0.3, -0.25) is 0 Å². The molecule has 1 aromatic carbocycles. The molecule has 0 bridgehead atoms. The van der Waals surface area contributed by atoms with Gasteiger partial charge in [-0.15, -0.1) is 13.2 Å². The summed E-state index contributed by atoms with van der Waals surface area (Å²) < 4.78 is 44.6. The molecular formula is C10H11F3O2. The maximum Gasteiger partial charge on any atom is 0.573 e. The van der Waals surface area contributed by atoms with Gasteiger partial charge in [-0.1, -0.05) is 6.07 Å². The van der Waals surface area contributed by atoms with Crippen molar-refractivity contribution in [2.45, 2.75) is 26.3 Å². The second kappa shape index (κ2) is 4.42. The Morgan fingerprint density at radius 2 is 1.73 bits per heavy atom. The molecule has 0 aromatic heterocycles. The third-order valence-corrected chi connectivity index (χ3v) is 1.41. The maximum absolute atomic E-state index is 11.9. The highest BCUT2D eigenvalue weighted by Crippen LogP contribution is 2.26. The van der Waals surface area contributed by atoms with Crippen LogP contribution in [0.1, 0.15) is 13.8 Å². The molecule has 0 aliphatic carbocycles. The predicted molar refractivity (Wildman–Crippen MR) is 48.9 cm³/mol. The lowest BCUT2D eigenvalue weighted by Crippen LogP contribution is -2.17. The molecule has 0 spiro atoms. The van der Waals surface area contributed by atoms with Crippen molar-refractivity contribution in [3.05, 3.63) is 24.3 Å². The summed E-state index contributed by atoms with van der Waals surface area (Å²) in [5, 5.41) is 0. The van der Waals surface area contributed by atoms with Crippen LogP contribution < -0.4 is 9.47 Å². The zero-order chi connectivity index (χ0) is 11.5. The minimum absolute atomic E-state index is 0.0915. The summed E-state index contributed by atoms with van der Waals surface area (Å²) in [5.41, 5.74) is 0. The zero-order valence-corrected chi connectivity index (χ0v) is 8.34. The molecule has 1 rings (SSSR count). The molecule has 0 saturated heterocycles. The van der Waals surface area contributed by atoms with E-state index in [1.165, 1.54) is 18.2 Å². The van der Waals surface area contributed by atoms with Crippen molar-refractivity contribution >= 4 is 0 Å². The van der Waals surface area contributed by atoms with Crippen molar-refractivity contribution in [2.75, 3.05) is 0 Å². The number of rotatable bonds is 3. The Morgan fingerprint density at radius 1 is 1.13 bits per heavy atom. The van der Waals surface area contributed by atoms with Crippen LogP contribution in [-0.4, -0.2) is 12.5 Å². The minimum atomic E-state index is -4.67. The fraction of sp³-hybridized carbons (Fsp3) is 0.400. The summed E-state index contributed by atoms with van der Waals surface area (Å²) in [4.78, 5) is 0. The lowest BCUT2D eigenvalue weighted by atomic mass is 10.3. The molecule has 0 aliphatic heterocycles. The summed E-state index contributed by atoms with van der Waals surface area (Å²) in [5.74, 6) is 0.0763. The third-order valence-electron chi connectivity index (χ3n) is 1.41. The van der Waals surface area contributed by atoms with E-state index in [1.54, 1.807) is 19.9 Å². The molecule has 0 saturated carbocycles. The number of hydrogen-bond acceptors (Lipinski definition) is 2. The largest absolute Gasteiger partial charge is 0.573 e. The number of benzene rings is 1. The molecular weight excluding hydrogens is 209 g/mol. The Hall–Kier alpha value is -1.39. The molecule has 2 nitrogen and oxygen atoms in total. The van der Waals surface area contributed by atoms with Gasteiger partial charge in [-0.2, -0.15) is 0 Å². The van der Waals surface area contributed by atoms with Gasteiger partial charge in [-0.25, -0.2) is 0 Å². The third kappa shape index (κ3) is 4.58. The molecule has 0 aliphatic rings. The Labute approximate surface area is 85.6 Å². The van der Waals surface area contributed by atoms with Crippen molar-refractivity contribution in [1.82, 2.24) is 0 Å². The fourth-order valence-corrected chi connectivity index (χ4v) is 1.02. The molecule has 0 heterocycles. The summed E-state index contributed by atoms with van der Waals surface area (Å²) in [6, 6.07) is 5.44. The van der Waals surface area contributed by atoms with Gasteiger partial charge in [0.1, 0.15) is 11.5 Å². The number of halogens is 3. The monoisotopic (exact) mass is 220 g/mol. The van der Waals surface area contributed by atoms with E-state index in [0.717, 1.165) is 0 Å². The molecule has 84 valence electrons. The van der Waals surface area contributed by atoms with Gasteiger partial charge in [0.2, 0.25) is 0 Å². The molecule has 0 unspecified atom stereocenters. The van der Waals surface area contributed by atoms with Gasteiger partial charge >= 0.3 is 6.36 Å². The SMILES string of the molecule is CC(C)Oc1cccc(OC(F)(F)F)c1. The van der Waals surface area contributed by atoms with Crippen LogP contribution in [0.2, 0.25) is 0 Å². The van der Waals surface area contributed by atoms with Crippen LogP contribution in [0.3, 0.4) is 0 Å². The molecule has 0 atom stereocenters. The fourth-order valence-electron chi connectivity index (χ4n) is 1.02. The molecule has 0 amide bonds. The Bertz CT molecular complexity index is 321. The number of ether oxygens (including phenoxy) is 2. The minimum Gasteiger partial charge on any atom is -0.491 e. The van der Waals surface area contributed by atoms with Gasteiger partial charge in [-0.05, 0) is 26.0 Å². The van der Waals surface area contributed by atoms with E-state index in [4.69, 9.17) is 4.74 Å². The van der Waals surface area contributed by atoms with Crippen molar-refractivity contribution in [2.24, 2.45) is 0 Å². The van der Waals surface area contributed by atoms with Crippen LogP contribution in [0.4, 0.5) is 13.2 Å². The van der Waals surface area contributed by atoms with E-state index in [9.17, 15) is 13.2 Å². The van der Waals surface area contributed by atoms with Gasteiger partial charge in [0.25, 0.3) is 0 Å². The smallest absolute Gasteiger partial charge is 0.491 e. The molecule has 5 heteroatoms. The first kappa shape index (κ1) is 11.7. The van der Waals surface area contributed by atoms with E-state index in [0.29, 0.717) is 5.75 Å². The summed E-state index contributed by atoms with van der Waals surface area (Å²) in [6.07, 6.45) is -4.76. The van der Waals surface area contributed by atoms with E-state index in [1.807, 2.05) is 0 Å².